The summed E-state index contributed by atoms with van der Waals surface area (Å²) in [4.78, 5) is 2.32. The zero-order valence-electron chi connectivity index (χ0n) is 27.0. The van der Waals surface area contributed by atoms with E-state index in [2.05, 4.69) is 79.4 Å². The maximum Gasteiger partial charge on any atom is 0.158 e. The molecule has 6 rings (SSSR count). The van der Waals surface area contributed by atoms with Crippen LogP contribution in [-0.4, -0.2) is 38.7 Å². The van der Waals surface area contributed by atoms with E-state index in [1.54, 1.807) is 0 Å². The van der Waals surface area contributed by atoms with Crippen LogP contribution in [-0.2, 0) is 48.2 Å². The van der Waals surface area contributed by atoms with Gasteiger partial charge < -0.3 is 33.3 Å². The molecular formula is C38H49NO6. The van der Waals surface area contributed by atoms with Crippen LogP contribution < -0.4 is 4.90 Å². The molecule has 3 unspecified atom stereocenters. The summed E-state index contributed by atoms with van der Waals surface area (Å²) in [5, 5.41) is 0. The van der Waals surface area contributed by atoms with E-state index < -0.39 is 0 Å². The van der Waals surface area contributed by atoms with Crippen LogP contribution in [0.3, 0.4) is 0 Å². The summed E-state index contributed by atoms with van der Waals surface area (Å²) in [5.74, 6) is 0. The van der Waals surface area contributed by atoms with Crippen molar-refractivity contribution < 1.29 is 28.4 Å². The average molecular weight is 616 g/mol. The van der Waals surface area contributed by atoms with E-state index in [0.717, 1.165) is 100 Å². The van der Waals surface area contributed by atoms with E-state index in [1.165, 1.54) is 22.3 Å². The first-order chi connectivity index (χ1) is 22.1. The minimum atomic E-state index is -0.100. The Bertz CT molecular complexity index is 1270. The van der Waals surface area contributed by atoms with Crippen molar-refractivity contribution in [3.63, 3.8) is 0 Å². The Balaban J connectivity index is 1.21. The summed E-state index contributed by atoms with van der Waals surface area (Å²) in [6, 6.07) is 21.9. The lowest BCUT2D eigenvalue weighted by atomic mass is 10.0. The Morgan fingerprint density at radius 2 is 0.956 bits per heavy atom. The molecule has 0 aromatic heterocycles. The minimum absolute atomic E-state index is 0.0970. The van der Waals surface area contributed by atoms with Gasteiger partial charge in [-0.1, -0.05) is 24.3 Å². The predicted octanol–water partition coefficient (Wildman–Crippen LogP) is 8.90. The molecule has 3 saturated heterocycles. The third-order valence-electron chi connectivity index (χ3n) is 9.06. The van der Waals surface area contributed by atoms with Crippen LogP contribution >= 0.6 is 0 Å². The molecule has 3 aliphatic rings. The molecule has 242 valence electrons. The van der Waals surface area contributed by atoms with Crippen LogP contribution in [0.1, 0.15) is 85.6 Å². The molecule has 3 aromatic rings. The summed E-state index contributed by atoms with van der Waals surface area (Å²) in [7, 11) is 0. The highest BCUT2D eigenvalue weighted by atomic mass is 16.7. The van der Waals surface area contributed by atoms with E-state index in [9.17, 15) is 0 Å². The molecule has 3 aromatic carbocycles. The molecule has 0 amide bonds. The second-order valence-corrected chi connectivity index (χ2v) is 12.5. The monoisotopic (exact) mass is 615 g/mol. The smallest absolute Gasteiger partial charge is 0.158 e. The molecule has 0 N–H and O–H groups in total. The lowest BCUT2D eigenvalue weighted by Crippen LogP contribution is -2.22. The lowest BCUT2D eigenvalue weighted by molar-refractivity contribution is -0.169. The Morgan fingerprint density at radius 3 is 1.36 bits per heavy atom. The van der Waals surface area contributed by atoms with Crippen LogP contribution in [0.15, 0.2) is 60.7 Å². The van der Waals surface area contributed by atoms with Crippen molar-refractivity contribution in [1.29, 1.82) is 0 Å². The normalized spacial score (nSPS) is 22.3. The molecule has 0 aliphatic carbocycles. The van der Waals surface area contributed by atoms with Crippen molar-refractivity contribution in [2.75, 3.05) is 24.7 Å². The highest BCUT2D eigenvalue weighted by Gasteiger charge is 2.19. The zero-order chi connectivity index (χ0) is 30.8. The fraction of sp³-hybridized carbons (Fsp3) is 0.526. The fourth-order valence-electron chi connectivity index (χ4n) is 6.23. The van der Waals surface area contributed by atoms with Crippen molar-refractivity contribution in [2.45, 2.75) is 110 Å². The van der Waals surface area contributed by atoms with E-state index in [0.29, 0.717) is 19.8 Å². The molecule has 0 saturated carbocycles. The molecule has 3 aliphatic heterocycles. The maximum absolute atomic E-state index is 6.12. The molecule has 3 atom stereocenters. The van der Waals surface area contributed by atoms with Gasteiger partial charge in [-0.05, 0) is 136 Å². The highest BCUT2D eigenvalue weighted by molar-refractivity contribution is 5.77. The van der Waals surface area contributed by atoms with Gasteiger partial charge in [0.05, 0.1) is 19.8 Å². The Labute approximate surface area is 268 Å². The van der Waals surface area contributed by atoms with Gasteiger partial charge in [0.15, 0.2) is 18.9 Å². The number of aryl methyl sites for hydroxylation is 2. The minimum Gasteiger partial charge on any atom is -0.353 e. The number of nitrogens with zero attached hydrogens (tertiary/aromatic N) is 1. The Morgan fingerprint density at radius 1 is 0.533 bits per heavy atom. The summed E-state index contributed by atoms with van der Waals surface area (Å²) >= 11 is 0. The van der Waals surface area contributed by atoms with E-state index in [1.807, 2.05) is 0 Å². The molecular weight excluding hydrogens is 566 g/mol. The number of rotatable bonds is 12. The van der Waals surface area contributed by atoms with Crippen LogP contribution in [0.25, 0.3) is 0 Å². The largest absolute Gasteiger partial charge is 0.353 e. The molecule has 0 bridgehead atoms. The molecule has 0 radical (unpaired) electrons. The maximum atomic E-state index is 6.12. The van der Waals surface area contributed by atoms with Gasteiger partial charge in [-0.3, -0.25) is 0 Å². The molecule has 45 heavy (non-hydrogen) atoms. The molecule has 7 nitrogen and oxygen atoms in total. The third-order valence-corrected chi connectivity index (χ3v) is 9.06. The third kappa shape index (κ3) is 8.94. The lowest BCUT2D eigenvalue weighted by Gasteiger charge is -2.28. The molecule has 3 heterocycles. The number of benzene rings is 3. The van der Waals surface area contributed by atoms with Gasteiger partial charge in [0.25, 0.3) is 0 Å². The van der Waals surface area contributed by atoms with Gasteiger partial charge in [0.1, 0.15) is 0 Å². The SMILES string of the molecule is Cc1cc(N(c2ccc(COC3CCCCO3)cc2)c2ccc(COC3CCCCO3)c(C)c2)ccc1COC1CCCCO1. The zero-order valence-corrected chi connectivity index (χ0v) is 27.0. The van der Waals surface area contributed by atoms with E-state index >= 15 is 0 Å². The van der Waals surface area contributed by atoms with Crippen molar-refractivity contribution in [3.05, 3.63) is 88.5 Å². The van der Waals surface area contributed by atoms with Gasteiger partial charge in [0, 0.05) is 36.9 Å². The fourth-order valence-corrected chi connectivity index (χ4v) is 6.23. The number of hydrogen-bond acceptors (Lipinski definition) is 7. The number of ether oxygens (including phenoxy) is 6. The van der Waals surface area contributed by atoms with Crippen molar-refractivity contribution in [1.82, 2.24) is 0 Å². The number of hydrogen-bond donors (Lipinski definition) is 0. The second kappa shape index (κ2) is 16.2. The summed E-state index contributed by atoms with van der Waals surface area (Å²) < 4.78 is 35.6. The van der Waals surface area contributed by atoms with Crippen LogP contribution in [0.2, 0.25) is 0 Å². The van der Waals surface area contributed by atoms with Crippen LogP contribution in [0.5, 0.6) is 0 Å². The molecule has 3 fully saturated rings. The summed E-state index contributed by atoms with van der Waals surface area (Å²) in [5.41, 5.74) is 9.17. The summed E-state index contributed by atoms with van der Waals surface area (Å²) in [6.07, 6.45) is 9.45. The van der Waals surface area contributed by atoms with Crippen LogP contribution in [0.4, 0.5) is 17.1 Å². The van der Waals surface area contributed by atoms with Gasteiger partial charge in [0.2, 0.25) is 0 Å². The van der Waals surface area contributed by atoms with Gasteiger partial charge in [-0.2, -0.15) is 0 Å². The average Bonchev–Trinajstić information content (AvgIpc) is 3.09. The van der Waals surface area contributed by atoms with E-state index in [-0.39, 0.29) is 18.9 Å². The topological polar surface area (TPSA) is 58.6 Å². The molecule has 7 heteroatoms. The number of anilines is 3. The Kier molecular flexibility index (Phi) is 11.6. The van der Waals surface area contributed by atoms with Crippen molar-refractivity contribution in [3.8, 4) is 0 Å². The first-order valence-electron chi connectivity index (χ1n) is 16.9. The standard InChI is InChI=1S/C38H49NO6/c1-28-23-34(18-14-31(28)26-44-37-10-4-7-21-41-37)39(33-16-12-30(13-17-33)25-43-36-9-3-6-20-40-36)35-19-15-32(29(2)24-35)27-45-38-11-5-8-22-42-38/h12-19,23-24,36-38H,3-11,20-22,25-27H2,1-2H3. The summed E-state index contributed by atoms with van der Waals surface area (Å²) in [6.45, 7) is 8.33. The first-order valence-corrected chi connectivity index (χ1v) is 16.9. The highest BCUT2D eigenvalue weighted by Crippen LogP contribution is 2.37. The quantitative estimate of drug-likeness (QED) is 0.202. The van der Waals surface area contributed by atoms with Gasteiger partial charge in [-0.15, -0.1) is 0 Å². The first kappa shape index (κ1) is 32.2. The second-order valence-electron chi connectivity index (χ2n) is 12.5. The van der Waals surface area contributed by atoms with Crippen molar-refractivity contribution >= 4 is 17.1 Å². The van der Waals surface area contributed by atoms with E-state index in [4.69, 9.17) is 28.4 Å². The predicted molar refractivity (Wildman–Crippen MR) is 176 cm³/mol. The van der Waals surface area contributed by atoms with Gasteiger partial charge >= 0.3 is 0 Å². The van der Waals surface area contributed by atoms with Gasteiger partial charge in [-0.25, -0.2) is 0 Å². The van der Waals surface area contributed by atoms with Crippen molar-refractivity contribution in [2.24, 2.45) is 0 Å². The molecule has 0 spiro atoms. The Hall–Kier alpha value is -2.78. The van der Waals surface area contributed by atoms with Crippen LogP contribution in [0, 0.1) is 13.8 Å².